The van der Waals surface area contributed by atoms with E-state index >= 15 is 0 Å². The molecule has 1 aliphatic heterocycles. The summed E-state index contributed by atoms with van der Waals surface area (Å²) in [5.74, 6) is -0.0410. The number of Topliss-reactive ketones (excluding diaryl/α,β-unsaturated/α-hetero) is 1. The van der Waals surface area contributed by atoms with Gasteiger partial charge < -0.3 is 24.4 Å². The number of ketones is 1. The van der Waals surface area contributed by atoms with Crippen molar-refractivity contribution in [3.63, 3.8) is 0 Å². The standard InChI is InChI=1S/C30H40N2O5/c1-6-20-36-24-14-10-22(11-15-24)27-26(28(33)23-12-16-25(17-13-23)37-21(4)5)29(34)30(35)32(27)19-9-18-31(7-2)8-3/h10-17,21,27,33H,6-9,18-20H2,1-5H3/t27-/m1/s1. The van der Waals surface area contributed by atoms with Crippen LogP contribution in [0.5, 0.6) is 11.5 Å². The molecule has 1 N–H and O–H groups in total. The molecule has 0 unspecified atom stereocenters. The number of nitrogens with zero attached hydrogens (tertiary/aromatic N) is 2. The summed E-state index contributed by atoms with van der Waals surface area (Å²) in [5.41, 5.74) is 1.32. The average Bonchev–Trinajstić information content (AvgIpc) is 3.15. The zero-order chi connectivity index (χ0) is 26.9. The Morgan fingerprint density at radius 3 is 2.16 bits per heavy atom. The first-order chi connectivity index (χ1) is 17.8. The lowest BCUT2D eigenvalue weighted by Gasteiger charge is -2.27. The van der Waals surface area contributed by atoms with Gasteiger partial charge in [0.05, 0.1) is 24.3 Å². The second-order valence-electron chi connectivity index (χ2n) is 9.48. The van der Waals surface area contributed by atoms with Gasteiger partial charge in [0.25, 0.3) is 11.7 Å². The SMILES string of the molecule is CCCOc1ccc([C@@H]2C(=C(O)c3ccc(OC(C)C)cc3)C(=O)C(=O)N2CCCN(CC)CC)cc1. The average molecular weight is 509 g/mol. The Kier molecular flexibility index (Phi) is 10.1. The smallest absolute Gasteiger partial charge is 0.295 e. The summed E-state index contributed by atoms with van der Waals surface area (Å²) in [7, 11) is 0. The van der Waals surface area contributed by atoms with Crippen molar-refractivity contribution in [2.24, 2.45) is 0 Å². The Balaban J connectivity index is 1.98. The molecule has 200 valence electrons. The molecule has 37 heavy (non-hydrogen) atoms. The number of carbonyl (C=O) groups excluding carboxylic acids is 2. The van der Waals surface area contributed by atoms with Gasteiger partial charge >= 0.3 is 0 Å². The molecule has 0 radical (unpaired) electrons. The van der Waals surface area contributed by atoms with Crippen molar-refractivity contribution >= 4 is 17.4 Å². The van der Waals surface area contributed by atoms with Gasteiger partial charge in [-0.3, -0.25) is 9.59 Å². The zero-order valence-electron chi connectivity index (χ0n) is 22.7. The molecule has 0 saturated carbocycles. The van der Waals surface area contributed by atoms with Crippen LogP contribution in [0.3, 0.4) is 0 Å². The molecule has 2 aromatic rings. The number of hydrogen-bond donors (Lipinski definition) is 1. The molecule has 7 nitrogen and oxygen atoms in total. The highest BCUT2D eigenvalue weighted by atomic mass is 16.5. The fraction of sp³-hybridized carbons (Fsp3) is 0.467. The largest absolute Gasteiger partial charge is 0.507 e. The summed E-state index contributed by atoms with van der Waals surface area (Å²) in [6.45, 7) is 13.8. The number of hydrogen-bond acceptors (Lipinski definition) is 6. The summed E-state index contributed by atoms with van der Waals surface area (Å²) in [6, 6.07) is 13.7. The molecule has 3 rings (SSSR count). The zero-order valence-corrected chi connectivity index (χ0v) is 22.7. The van der Waals surface area contributed by atoms with Crippen LogP contribution in [0.25, 0.3) is 5.76 Å². The molecule has 0 spiro atoms. The van der Waals surface area contributed by atoms with Crippen molar-refractivity contribution in [2.75, 3.05) is 32.8 Å². The van der Waals surface area contributed by atoms with Gasteiger partial charge in [0.15, 0.2) is 0 Å². The maximum absolute atomic E-state index is 13.3. The minimum Gasteiger partial charge on any atom is -0.507 e. The van der Waals surface area contributed by atoms with E-state index in [1.807, 2.05) is 45.0 Å². The maximum atomic E-state index is 13.3. The van der Waals surface area contributed by atoms with Gasteiger partial charge in [0.1, 0.15) is 17.3 Å². The minimum absolute atomic E-state index is 0.0189. The highest BCUT2D eigenvalue weighted by Crippen LogP contribution is 2.40. The first-order valence-corrected chi connectivity index (χ1v) is 13.3. The van der Waals surface area contributed by atoms with E-state index in [2.05, 4.69) is 18.7 Å². The van der Waals surface area contributed by atoms with E-state index in [9.17, 15) is 14.7 Å². The molecule has 0 bridgehead atoms. The highest BCUT2D eigenvalue weighted by Gasteiger charge is 2.45. The van der Waals surface area contributed by atoms with E-state index in [1.54, 1.807) is 29.2 Å². The third kappa shape index (κ3) is 6.92. The van der Waals surface area contributed by atoms with Crippen LogP contribution in [0.15, 0.2) is 54.1 Å². The van der Waals surface area contributed by atoms with Crippen molar-refractivity contribution in [1.29, 1.82) is 0 Å². The summed E-state index contributed by atoms with van der Waals surface area (Å²) >= 11 is 0. The van der Waals surface area contributed by atoms with Crippen LogP contribution in [0.1, 0.15) is 64.6 Å². The van der Waals surface area contributed by atoms with Gasteiger partial charge in [-0.05, 0) is 88.3 Å². The fourth-order valence-corrected chi connectivity index (χ4v) is 4.55. The molecule has 1 saturated heterocycles. The van der Waals surface area contributed by atoms with Crippen LogP contribution in [0.2, 0.25) is 0 Å². The summed E-state index contributed by atoms with van der Waals surface area (Å²) in [4.78, 5) is 30.4. The second kappa shape index (κ2) is 13.3. The van der Waals surface area contributed by atoms with Crippen molar-refractivity contribution in [3.05, 3.63) is 65.2 Å². The van der Waals surface area contributed by atoms with Crippen LogP contribution in [0.4, 0.5) is 0 Å². The lowest BCUT2D eigenvalue weighted by Crippen LogP contribution is -2.33. The summed E-state index contributed by atoms with van der Waals surface area (Å²) in [6.07, 6.45) is 1.64. The highest BCUT2D eigenvalue weighted by molar-refractivity contribution is 6.46. The van der Waals surface area contributed by atoms with Gasteiger partial charge in [0.2, 0.25) is 0 Å². The van der Waals surface area contributed by atoms with Crippen LogP contribution in [-0.2, 0) is 9.59 Å². The van der Waals surface area contributed by atoms with Crippen LogP contribution < -0.4 is 9.47 Å². The van der Waals surface area contributed by atoms with Crippen molar-refractivity contribution in [2.45, 2.75) is 59.6 Å². The van der Waals surface area contributed by atoms with Crippen LogP contribution >= 0.6 is 0 Å². The first kappa shape index (κ1) is 28.3. The molecule has 1 amide bonds. The predicted octanol–water partition coefficient (Wildman–Crippen LogP) is 5.42. The minimum atomic E-state index is -0.677. The lowest BCUT2D eigenvalue weighted by atomic mass is 9.95. The molecule has 1 fully saturated rings. The Labute approximate surface area is 220 Å². The van der Waals surface area contributed by atoms with Crippen molar-refractivity contribution in [3.8, 4) is 11.5 Å². The summed E-state index contributed by atoms with van der Waals surface area (Å²) in [5, 5.41) is 11.3. The van der Waals surface area contributed by atoms with Gasteiger partial charge in [-0.15, -0.1) is 0 Å². The van der Waals surface area contributed by atoms with Crippen molar-refractivity contribution in [1.82, 2.24) is 9.80 Å². The fourth-order valence-electron chi connectivity index (χ4n) is 4.55. The number of likely N-dealkylation sites (tertiary alicyclic amines) is 1. The molecule has 2 aromatic carbocycles. The van der Waals surface area contributed by atoms with E-state index in [-0.39, 0.29) is 17.4 Å². The summed E-state index contributed by atoms with van der Waals surface area (Å²) < 4.78 is 11.4. The Morgan fingerprint density at radius 1 is 0.973 bits per heavy atom. The monoisotopic (exact) mass is 508 g/mol. The number of aliphatic hydroxyl groups excluding tert-OH is 1. The molecular formula is C30H40N2O5. The Bertz CT molecular complexity index is 1070. The molecule has 1 heterocycles. The molecule has 1 atom stereocenters. The molecule has 7 heteroatoms. The molecular weight excluding hydrogens is 468 g/mol. The van der Waals surface area contributed by atoms with E-state index in [0.29, 0.717) is 24.5 Å². The number of benzene rings is 2. The Hall–Kier alpha value is -3.32. The van der Waals surface area contributed by atoms with Gasteiger partial charge in [0, 0.05) is 12.1 Å². The van der Waals surface area contributed by atoms with E-state index < -0.39 is 17.7 Å². The maximum Gasteiger partial charge on any atom is 0.295 e. The number of carbonyl (C=O) groups is 2. The van der Waals surface area contributed by atoms with Gasteiger partial charge in [-0.25, -0.2) is 0 Å². The molecule has 0 aromatic heterocycles. The number of ether oxygens (including phenoxy) is 2. The van der Waals surface area contributed by atoms with E-state index in [0.717, 1.165) is 43.8 Å². The normalized spacial score (nSPS) is 17.2. The van der Waals surface area contributed by atoms with Gasteiger partial charge in [-0.2, -0.15) is 0 Å². The van der Waals surface area contributed by atoms with E-state index in [1.165, 1.54) is 0 Å². The van der Waals surface area contributed by atoms with Crippen molar-refractivity contribution < 1.29 is 24.2 Å². The van der Waals surface area contributed by atoms with Gasteiger partial charge in [-0.1, -0.05) is 32.9 Å². The van der Waals surface area contributed by atoms with Crippen LogP contribution in [0, 0.1) is 0 Å². The quantitative estimate of drug-likeness (QED) is 0.221. The number of amides is 1. The number of rotatable bonds is 13. The number of aliphatic hydroxyl groups is 1. The third-order valence-electron chi connectivity index (χ3n) is 6.48. The van der Waals surface area contributed by atoms with E-state index in [4.69, 9.17) is 9.47 Å². The van der Waals surface area contributed by atoms with Crippen LogP contribution in [-0.4, -0.2) is 65.5 Å². The first-order valence-electron chi connectivity index (χ1n) is 13.3. The topological polar surface area (TPSA) is 79.3 Å². The lowest BCUT2D eigenvalue weighted by molar-refractivity contribution is -0.140. The Morgan fingerprint density at radius 2 is 1.59 bits per heavy atom. The predicted molar refractivity (Wildman–Crippen MR) is 146 cm³/mol. The molecule has 0 aliphatic carbocycles. The second-order valence-corrected chi connectivity index (χ2v) is 9.48. The molecule has 1 aliphatic rings. The third-order valence-corrected chi connectivity index (χ3v) is 6.48.